The Labute approximate surface area is 117 Å². The molecule has 0 aliphatic carbocycles. The Bertz CT molecular complexity index is 618. The van der Waals surface area contributed by atoms with Gasteiger partial charge in [0.05, 0.1) is 30.1 Å². The third kappa shape index (κ3) is 2.94. The summed E-state index contributed by atoms with van der Waals surface area (Å²) in [7, 11) is 3.38. The Morgan fingerprint density at radius 1 is 1.60 bits per heavy atom. The summed E-state index contributed by atoms with van der Waals surface area (Å²) in [4.78, 5) is 16.2. The molecule has 7 heteroatoms. The first-order valence-electron chi connectivity index (χ1n) is 6.37. The highest BCUT2D eigenvalue weighted by Crippen LogP contribution is 2.19. The Balaban J connectivity index is 2.14. The zero-order chi connectivity index (χ0) is 14.7. The summed E-state index contributed by atoms with van der Waals surface area (Å²) in [6, 6.07) is 1.87. The summed E-state index contributed by atoms with van der Waals surface area (Å²) in [5.41, 5.74) is 7.80. The Morgan fingerprint density at radius 2 is 2.35 bits per heavy atom. The molecule has 2 rings (SSSR count). The van der Waals surface area contributed by atoms with Gasteiger partial charge in [-0.1, -0.05) is 0 Å². The molecule has 0 spiro atoms. The third-order valence-corrected chi connectivity index (χ3v) is 3.16. The zero-order valence-corrected chi connectivity index (χ0v) is 11.9. The van der Waals surface area contributed by atoms with Crippen LogP contribution in [0.25, 0.3) is 11.0 Å². The van der Waals surface area contributed by atoms with Crippen molar-refractivity contribution in [1.82, 2.24) is 14.8 Å². The van der Waals surface area contributed by atoms with Gasteiger partial charge in [0, 0.05) is 26.1 Å². The first-order chi connectivity index (χ1) is 9.55. The number of aromatic nitrogens is 3. The van der Waals surface area contributed by atoms with Gasteiger partial charge >= 0.3 is 0 Å². The van der Waals surface area contributed by atoms with E-state index in [1.165, 1.54) is 7.11 Å². The number of carbonyl (C=O) groups is 1. The van der Waals surface area contributed by atoms with E-state index in [0.29, 0.717) is 12.2 Å². The summed E-state index contributed by atoms with van der Waals surface area (Å²) >= 11 is 0. The van der Waals surface area contributed by atoms with Crippen molar-refractivity contribution < 1.29 is 9.53 Å². The normalized spacial score (nSPS) is 12.6. The quantitative estimate of drug-likeness (QED) is 0.833. The van der Waals surface area contributed by atoms with Crippen molar-refractivity contribution in [2.75, 3.05) is 19.0 Å². The first-order valence-corrected chi connectivity index (χ1v) is 6.37. The van der Waals surface area contributed by atoms with Crippen LogP contribution >= 0.6 is 0 Å². The summed E-state index contributed by atoms with van der Waals surface area (Å²) < 4.78 is 6.80. The monoisotopic (exact) mass is 277 g/mol. The Hall–Kier alpha value is -1.99. The lowest BCUT2D eigenvalue weighted by atomic mass is 10.2. The number of methoxy groups -OCH3 is 1. The Morgan fingerprint density at radius 3 is 3.00 bits per heavy atom. The molecule has 0 fully saturated rings. The summed E-state index contributed by atoms with van der Waals surface area (Å²) in [6.07, 6.45) is 1.56. The molecule has 2 aromatic rings. The molecule has 2 aromatic heterocycles. The van der Waals surface area contributed by atoms with Gasteiger partial charge < -0.3 is 15.8 Å². The van der Waals surface area contributed by atoms with Gasteiger partial charge in [-0.15, -0.1) is 0 Å². The van der Waals surface area contributed by atoms with Crippen molar-refractivity contribution in [3.63, 3.8) is 0 Å². The average molecular weight is 277 g/mol. The third-order valence-electron chi connectivity index (χ3n) is 3.16. The molecule has 0 aliphatic rings. The van der Waals surface area contributed by atoms with Crippen LogP contribution < -0.4 is 11.1 Å². The highest BCUT2D eigenvalue weighted by atomic mass is 16.5. The minimum atomic E-state index is -0.271. The summed E-state index contributed by atoms with van der Waals surface area (Å²) in [5.74, 6) is -0.148. The molecule has 0 saturated carbocycles. The number of aryl methyl sites for hydroxylation is 2. The molecule has 108 valence electrons. The number of hydrogen-bond donors (Lipinski definition) is 2. The van der Waals surface area contributed by atoms with E-state index in [-0.39, 0.29) is 18.4 Å². The van der Waals surface area contributed by atoms with Crippen LogP contribution in [0.5, 0.6) is 0 Å². The van der Waals surface area contributed by atoms with E-state index < -0.39 is 0 Å². The van der Waals surface area contributed by atoms with E-state index in [1.807, 2.05) is 20.0 Å². The molecule has 1 atom stereocenters. The number of hydrogen-bond acceptors (Lipinski definition) is 5. The number of pyridine rings is 1. The molecule has 3 N–H and O–H groups in total. The van der Waals surface area contributed by atoms with Gasteiger partial charge in [-0.25, -0.2) is 4.98 Å². The smallest absolute Gasteiger partial charge is 0.227 e. The van der Waals surface area contributed by atoms with Crippen LogP contribution in [-0.4, -0.2) is 40.4 Å². The summed E-state index contributed by atoms with van der Waals surface area (Å²) in [5, 5.41) is 8.01. The Kier molecular flexibility index (Phi) is 4.31. The molecule has 2 heterocycles. The average Bonchev–Trinajstić information content (AvgIpc) is 2.71. The van der Waals surface area contributed by atoms with E-state index in [1.54, 1.807) is 10.9 Å². The molecule has 1 amide bonds. The van der Waals surface area contributed by atoms with Crippen LogP contribution in [0.2, 0.25) is 0 Å². The molecule has 0 radical (unpaired) electrons. The van der Waals surface area contributed by atoms with Crippen LogP contribution in [-0.2, 0) is 16.6 Å². The number of anilines is 1. The lowest BCUT2D eigenvalue weighted by molar-refractivity contribution is -0.118. The molecule has 0 aromatic carbocycles. The second-order valence-corrected chi connectivity index (χ2v) is 4.65. The second kappa shape index (κ2) is 5.98. The number of nitrogens with zero attached hydrogens (tertiary/aromatic N) is 3. The van der Waals surface area contributed by atoms with Gasteiger partial charge in [-0.3, -0.25) is 9.48 Å². The fraction of sp³-hybridized carbons (Fsp3) is 0.462. The van der Waals surface area contributed by atoms with Gasteiger partial charge in [0.25, 0.3) is 0 Å². The van der Waals surface area contributed by atoms with Crippen LogP contribution in [0.15, 0.2) is 12.3 Å². The van der Waals surface area contributed by atoms with Crippen LogP contribution in [0.3, 0.4) is 0 Å². The maximum absolute atomic E-state index is 11.9. The summed E-state index contributed by atoms with van der Waals surface area (Å²) in [6.45, 7) is 2.22. The van der Waals surface area contributed by atoms with E-state index >= 15 is 0 Å². The maximum Gasteiger partial charge on any atom is 0.227 e. The standard InChI is InChI=1S/C13H19N5O2/c1-8-11-4-9(7-15-13(11)18(2)17-8)16-12(19)5-10(6-14)20-3/h4,7,10H,5-6,14H2,1-3H3,(H,16,19). The van der Waals surface area contributed by atoms with Crippen LogP contribution in [0.1, 0.15) is 12.1 Å². The molecular formula is C13H19N5O2. The molecule has 0 saturated heterocycles. The van der Waals surface area contributed by atoms with E-state index in [9.17, 15) is 4.79 Å². The number of ether oxygens (including phenoxy) is 1. The van der Waals surface area contributed by atoms with Gasteiger partial charge in [0.2, 0.25) is 5.91 Å². The molecule has 20 heavy (non-hydrogen) atoms. The van der Waals surface area contributed by atoms with Crippen molar-refractivity contribution in [1.29, 1.82) is 0 Å². The lowest BCUT2D eigenvalue weighted by Crippen LogP contribution is -2.28. The van der Waals surface area contributed by atoms with Gasteiger partial charge in [-0.05, 0) is 13.0 Å². The van der Waals surface area contributed by atoms with E-state index in [4.69, 9.17) is 10.5 Å². The van der Waals surface area contributed by atoms with Gasteiger partial charge in [-0.2, -0.15) is 5.10 Å². The number of carbonyl (C=O) groups excluding carboxylic acids is 1. The SMILES string of the molecule is COC(CN)CC(=O)Nc1cnc2c(c1)c(C)nn2C. The topological polar surface area (TPSA) is 95.1 Å². The predicted molar refractivity (Wildman–Crippen MR) is 76.3 cm³/mol. The highest BCUT2D eigenvalue weighted by molar-refractivity contribution is 5.93. The van der Waals surface area contributed by atoms with Gasteiger partial charge in [0.15, 0.2) is 5.65 Å². The second-order valence-electron chi connectivity index (χ2n) is 4.65. The minimum absolute atomic E-state index is 0.148. The van der Waals surface area contributed by atoms with Crippen molar-refractivity contribution in [3.05, 3.63) is 18.0 Å². The lowest BCUT2D eigenvalue weighted by Gasteiger charge is -2.12. The molecular weight excluding hydrogens is 258 g/mol. The molecule has 1 unspecified atom stereocenters. The van der Waals surface area contributed by atoms with Crippen molar-refractivity contribution in [3.8, 4) is 0 Å². The van der Waals surface area contributed by atoms with Gasteiger partial charge in [0.1, 0.15) is 0 Å². The zero-order valence-electron chi connectivity index (χ0n) is 11.9. The number of nitrogens with two attached hydrogens (primary N) is 1. The number of rotatable bonds is 5. The van der Waals surface area contributed by atoms with E-state index in [2.05, 4.69) is 15.4 Å². The number of nitrogens with one attached hydrogen (secondary N) is 1. The maximum atomic E-state index is 11.9. The minimum Gasteiger partial charge on any atom is -0.380 e. The molecule has 0 aliphatic heterocycles. The van der Waals surface area contributed by atoms with Crippen LogP contribution in [0.4, 0.5) is 5.69 Å². The van der Waals surface area contributed by atoms with Crippen molar-refractivity contribution >= 4 is 22.6 Å². The van der Waals surface area contributed by atoms with E-state index in [0.717, 1.165) is 16.7 Å². The fourth-order valence-electron chi connectivity index (χ4n) is 2.06. The van der Waals surface area contributed by atoms with Crippen LogP contribution in [0, 0.1) is 6.92 Å². The van der Waals surface area contributed by atoms with Crippen molar-refractivity contribution in [2.24, 2.45) is 12.8 Å². The molecule has 0 bridgehead atoms. The molecule has 7 nitrogen and oxygen atoms in total. The largest absolute Gasteiger partial charge is 0.380 e. The first kappa shape index (κ1) is 14.4. The number of fused-ring (bicyclic) bond motifs is 1. The fourth-order valence-corrected chi connectivity index (χ4v) is 2.06. The van der Waals surface area contributed by atoms with Crippen molar-refractivity contribution in [2.45, 2.75) is 19.4 Å². The predicted octanol–water partition coefficient (Wildman–Crippen LogP) is 0.579. The number of amides is 1. The highest BCUT2D eigenvalue weighted by Gasteiger charge is 2.13.